The molecule has 4 nitrogen and oxygen atoms in total. The lowest BCUT2D eigenvalue weighted by molar-refractivity contribution is 0.539. The van der Waals surface area contributed by atoms with Crippen molar-refractivity contribution in [1.82, 2.24) is 9.88 Å². The molecule has 1 unspecified atom stereocenters. The highest BCUT2D eigenvalue weighted by molar-refractivity contribution is 7.92. The van der Waals surface area contributed by atoms with E-state index >= 15 is 0 Å². The Balaban J connectivity index is 2.70. The summed E-state index contributed by atoms with van der Waals surface area (Å²) in [5.74, 6) is 0.183. The standard InChI is InChI=1S/C15H28N2O2S/c1-6-7-14(16-5)13-8-9-17(12-13)10-11-20(18,19)15(2,3)4/h8-9,12,14,16H,6-7,10-11H2,1-5H3. The summed E-state index contributed by atoms with van der Waals surface area (Å²) in [6.45, 7) is 7.94. The molecule has 0 fully saturated rings. The Morgan fingerprint density at radius 2 is 2.00 bits per heavy atom. The number of sulfone groups is 1. The zero-order valence-corrected chi connectivity index (χ0v) is 14.1. The van der Waals surface area contributed by atoms with E-state index in [1.165, 1.54) is 5.56 Å². The van der Waals surface area contributed by atoms with Crippen LogP contribution >= 0.6 is 0 Å². The average Bonchev–Trinajstić information content (AvgIpc) is 2.81. The highest BCUT2D eigenvalue weighted by atomic mass is 32.2. The van der Waals surface area contributed by atoms with Crippen molar-refractivity contribution < 1.29 is 8.42 Å². The second kappa shape index (κ2) is 6.76. The van der Waals surface area contributed by atoms with E-state index < -0.39 is 14.6 Å². The van der Waals surface area contributed by atoms with Crippen molar-refractivity contribution in [3.63, 3.8) is 0 Å². The Labute approximate surface area is 123 Å². The first-order valence-corrected chi connectivity index (χ1v) is 8.91. The lowest BCUT2D eigenvalue weighted by atomic mass is 10.1. The SMILES string of the molecule is CCCC(NC)c1ccn(CCS(=O)(=O)C(C)(C)C)c1. The molecule has 0 aliphatic carbocycles. The zero-order valence-electron chi connectivity index (χ0n) is 13.3. The molecule has 0 aliphatic rings. The van der Waals surface area contributed by atoms with Gasteiger partial charge in [0.05, 0.1) is 10.5 Å². The van der Waals surface area contributed by atoms with Gasteiger partial charge in [-0.15, -0.1) is 0 Å². The summed E-state index contributed by atoms with van der Waals surface area (Å²) in [4.78, 5) is 0. The van der Waals surface area contributed by atoms with Crippen LogP contribution in [0.15, 0.2) is 18.5 Å². The zero-order chi connectivity index (χ0) is 15.4. The van der Waals surface area contributed by atoms with Crippen molar-refractivity contribution >= 4 is 9.84 Å². The molecule has 0 aromatic carbocycles. The van der Waals surface area contributed by atoms with Crippen molar-refractivity contribution in [2.45, 2.75) is 57.9 Å². The maximum atomic E-state index is 12.1. The van der Waals surface area contributed by atoms with Gasteiger partial charge in [0.2, 0.25) is 0 Å². The Hall–Kier alpha value is -0.810. The molecule has 0 bridgehead atoms. The van der Waals surface area contributed by atoms with Crippen LogP contribution in [-0.4, -0.2) is 30.5 Å². The summed E-state index contributed by atoms with van der Waals surface area (Å²) in [6, 6.07) is 2.42. The van der Waals surface area contributed by atoms with Gasteiger partial charge in [-0.1, -0.05) is 13.3 Å². The Kier molecular flexibility index (Phi) is 5.83. The van der Waals surface area contributed by atoms with Gasteiger partial charge in [0.25, 0.3) is 0 Å². The molecule has 0 radical (unpaired) electrons. The molecular weight excluding hydrogens is 272 g/mol. The first kappa shape index (κ1) is 17.2. The van der Waals surface area contributed by atoms with Gasteiger partial charge < -0.3 is 9.88 Å². The molecular formula is C15H28N2O2S. The van der Waals surface area contributed by atoms with E-state index in [0.717, 1.165) is 12.8 Å². The number of nitrogens with one attached hydrogen (secondary N) is 1. The summed E-state index contributed by atoms with van der Waals surface area (Å²) in [5, 5.41) is 3.30. The molecule has 0 saturated carbocycles. The molecule has 116 valence electrons. The van der Waals surface area contributed by atoms with E-state index in [1.807, 2.05) is 17.8 Å². The topological polar surface area (TPSA) is 51.1 Å². The fourth-order valence-corrected chi connectivity index (χ4v) is 3.17. The van der Waals surface area contributed by atoms with E-state index in [2.05, 4.69) is 24.5 Å². The first-order valence-electron chi connectivity index (χ1n) is 7.26. The van der Waals surface area contributed by atoms with Crippen molar-refractivity contribution in [2.75, 3.05) is 12.8 Å². The highest BCUT2D eigenvalue weighted by Crippen LogP contribution is 2.19. The maximum absolute atomic E-state index is 12.1. The van der Waals surface area contributed by atoms with Crippen molar-refractivity contribution in [2.24, 2.45) is 0 Å². The van der Waals surface area contributed by atoms with Crippen molar-refractivity contribution in [3.8, 4) is 0 Å². The number of hydrogen-bond donors (Lipinski definition) is 1. The van der Waals surface area contributed by atoms with Crippen LogP contribution < -0.4 is 5.32 Å². The van der Waals surface area contributed by atoms with Crippen molar-refractivity contribution in [3.05, 3.63) is 24.0 Å². The molecule has 1 aromatic rings. The number of aromatic nitrogens is 1. The van der Waals surface area contributed by atoms with Crippen LogP contribution in [0.5, 0.6) is 0 Å². The predicted octanol–water partition coefficient (Wildman–Crippen LogP) is 2.76. The molecule has 0 aliphatic heterocycles. The lowest BCUT2D eigenvalue weighted by Crippen LogP contribution is -2.31. The van der Waals surface area contributed by atoms with E-state index in [1.54, 1.807) is 20.8 Å². The second-order valence-electron chi connectivity index (χ2n) is 6.24. The normalized spacial score (nSPS) is 14.4. The number of nitrogens with zero attached hydrogens (tertiary/aromatic N) is 1. The third-order valence-electron chi connectivity index (χ3n) is 3.65. The van der Waals surface area contributed by atoms with E-state index in [-0.39, 0.29) is 5.75 Å². The van der Waals surface area contributed by atoms with Crippen LogP contribution in [0.2, 0.25) is 0 Å². The molecule has 1 rings (SSSR count). The van der Waals surface area contributed by atoms with E-state index in [4.69, 9.17) is 0 Å². The molecule has 20 heavy (non-hydrogen) atoms. The largest absolute Gasteiger partial charge is 0.353 e. The minimum Gasteiger partial charge on any atom is -0.353 e. The Bertz CT molecular complexity index is 512. The van der Waals surface area contributed by atoms with Crippen LogP contribution in [0, 0.1) is 0 Å². The summed E-state index contributed by atoms with van der Waals surface area (Å²) in [6.07, 6.45) is 6.22. The highest BCUT2D eigenvalue weighted by Gasteiger charge is 2.28. The summed E-state index contributed by atoms with van der Waals surface area (Å²) in [5.41, 5.74) is 1.22. The average molecular weight is 300 g/mol. The summed E-state index contributed by atoms with van der Waals surface area (Å²) in [7, 11) is -1.10. The number of rotatable bonds is 7. The summed E-state index contributed by atoms with van der Waals surface area (Å²) < 4.78 is 25.5. The minimum atomic E-state index is -3.06. The smallest absolute Gasteiger partial charge is 0.156 e. The molecule has 0 saturated heterocycles. The third-order valence-corrected chi connectivity index (χ3v) is 6.24. The van der Waals surface area contributed by atoms with Crippen LogP contribution in [0.3, 0.4) is 0 Å². The summed E-state index contributed by atoms with van der Waals surface area (Å²) >= 11 is 0. The minimum absolute atomic E-state index is 0.183. The predicted molar refractivity (Wildman–Crippen MR) is 84.7 cm³/mol. The Morgan fingerprint density at radius 1 is 1.35 bits per heavy atom. The van der Waals surface area contributed by atoms with Crippen LogP contribution in [-0.2, 0) is 16.4 Å². The molecule has 5 heteroatoms. The molecule has 0 spiro atoms. The Morgan fingerprint density at radius 3 is 2.50 bits per heavy atom. The molecule has 1 aromatic heterocycles. The molecule has 1 N–H and O–H groups in total. The van der Waals surface area contributed by atoms with Crippen LogP contribution in [0.1, 0.15) is 52.1 Å². The maximum Gasteiger partial charge on any atom is 0.156 e. The van der Waals surface area contributed by atoms with Gasteiger partial charge in [0.15, 0.2) is 9.84 Å². The van der Waals surface area contributed by atoms with Gasteiger partial charge in [-0.2, -0.15) is 0 Å². The van der Waals surface area contributed by atoms with Gasteiger partial charge in [-0.05, 0) is 45.9 Å². The second-order valence-corrected chi connectivity index (χ2v) is 9.11. The molecule has 0 amide bonds. The molecule has 1 heterocycles. The lowest BCUT2D eigenvalue weighted by Gasteiger charge is -2.19. The monoisotopic (exact) mass is 300 g/mol. The van der Waals surface area contributed by atoms with Gasteiger partial charge in [0.1, 0.15) is 0 Å². The molecule has 1 atom stereocenters. The van der Waals surface area contributed by atoms with Crippen molar-refractivity contribution in [1.29, 1.82) is 0 Å². The van der Waals surface area contributed by atoms with Crippen LogP contribution in [0.4, 0.5) is 0 Å². The van der Waals surface area contributed by atoms with Crippen LogP contribution in [0.25, 0.3) is 0 Å². The van der Waals surface area contributed by atoms with Gasteiger partial charge >= 0.3 is 0 Å². The fraction of sp³-hybridized carbons (Fsp3) is 0.733. The number of hydrogen-bond acceptors (Lipinski definition) is 3. The fourth-order valence-electron chi connectivity index (χ4n) is 2.10. The van der Waals surface area contributed by atoms with Gasteiger partial charge in [-0.3, -0.25) is 0 Å². The third kappa shape index (κ3) is 4.35. The first-order chi connectivity index (χ1) is 9.21. The van der Waals surface area contributed by atoms with Gasteiger partial charge in [0, 0.05) is 25.0 Å². The van der Waals surface area contributed by atoms with E-state index in [9.17, 15) is 8.42 Å². The van der Waals surface area contributed by atoms with E-state index in [0.29, 0.717) is 12.6 Å². The van der Waals surface area contributed by atoms with Gasteiger partial charge in [-0.25, -0.2) is 8.42 Å². The quantitative estimate of drug-likeness (QED) is 0.842. The number of aryl methyl sites for hydroxylation is 1.